The van der Waals surface area contributed by atoms with Gasteiger partial charge in [-0.15, -0.1) is 0 Å². The summed E-state index contributed by atoms with van der Waals surface area (Å²) >= 11 is 0. The number of aromatic amines is 1. The van der Waals surface area contributed by atoms with E-state index in [0.717, 1.165) is 19.7 Å². The monoisotopic (exact) mass is 268 g/mol. The summed E-state index contributed by atoms with van der Waals surface area (Å²) in [4.78, 5) is 5.88. The van der Waals surface area contributed by atoms with Gasteiger partial charge >= 0.3 is 0 Å². The highest BCUT2D eigenvalue weighted by atomic mass is 16.5. The van der Waals surface area contributed by atoms with Crippen LogP contribution in [0.2, 0.25) is 0 Å². The third-order valence-electron chi connectivity index (χ3n) is 4.53. The lowest BCUT2D eigenvalue weighted by molar-refractivity contribution is 0.0299. The quantitative estimate of drug-likeness (QED) is 0.860. The van der Waals surface area contributed by atoms with Crippen molar-refractivity contribution in [1.82, 2.24) is 4.98 Å². The van der Waals surface area contributed by atoms with E-state index in [1.807, 2.05) is 6.20 Å². The van der Waals surface area contributed by atoms with Gasteiger partial charge in [-0.3, -0.25) is 0 Å². The highest BCUT2D eigenvalue weighted by Gasteiger charge is 2.39. The molecule has 0 aliphatic carbocycles. The minimum atomic E-state index is 0.321. The fraction of sp³-hybridized carbons (Fsp3) is 0.412. The smallest absolute Gasteiger partial charge is 0.0854 e. The van der Waals surface area contributed by atoms with E-state index in [2.05, 4.69) is 48.0 Å². The number of ether oxygens (including phenoxy) is 1. The predicted molar refractivity (Wildman–Crippen MR) is 80.2 cm³/mol. The van der Waals surface area contributed by atoms with Gasteiger partial charge in [-0.1, -0.05) is 6.07 Å². The Labute approximate surface area is 119 Å². The Bertz CT molecular complexity index is 626. The van der Waals surface area contributed by atoms with Crippen molar-refractivity contribution in [3.63, 3.8) is 0 Å². The average Bonchev–Trinajstić information content (AvgIpc) is 3.03. The summed E-state index contributed by atoms with van der Waals surface area (Å²) in [6.45, 7) is 7.12. The number of anilines is 1. The molecule has 0 saturated carbocycles. The minimum absolute atomic E-state index is 0.321. The minimum Gasteiger partial charge on any atom is -0.371 e. The van der Waals surface area contributed by atoms with Crippen LogP contribution in [0.4, 0.5) is 5.69 Å². The molecule has 1 N–H and O–H groups in total. The number of aryl methyl sites for hydroxylation is 2. The van der Waals surface area contributed by atoms with E-state index in [1.54, 1.807) is 0 Å². The summed E-state index contributed by atoms with van der Waals surface area (Å²) in [6.07, 6.45) is 2.36. The van der Waals surface area contributed by atoms with Crippen molar-refractivity contribution in [2.24, 2.45) is 0 Å². The Kier molecular flexibility index (Phi) is 2.64. The first-order chi connectivity index (χ1) is 9.70. The Morgan fingerprint density at radius 3 is 2.75 bits per heavy atom. The number of H-pyrrole nitrogens is 1. The van der Waals surface area contributed by atoms with Gasteiger partial charge in [0.05, 0.1) is 12.7 Å². The van der Waals surface area contributed by atoms with Crippen molar-refractivity contribution in [3.8, 4) is 0 Å². The normalized spacial score (nSPS) is 24.6. The van der Waals surface area contributed by atoms with E-state index in [1.165, 1.54) is 28.1 Å². The molecule has 0 spiro atoms. The SMILES string of the molecule is Cc1cc(C)cc(N2CC3OCc4cc[nH]c4[C@@H]3C2)c1. The van der Waals surface area contributed by atoms with Gasteiger partial charge < -0.3 is 14.6 Å². The summed E-state index contributed by atoms with van der Waals surface area (Å²) in [6, 6.07) is 8.93. The van der Waals surface area contributed by atoms with E-state index in [0.29, 0.717) is 12.0 Å². The van der Waals surface area contributed by atoms with Crippen LogP contribution in [0.3, 0.4) is 0 Å². The lowest BCUT2D eigenvalue weighted by Gasteiger charge is -2.24. The van der Waals surface area contributed by atoms with Gasteiger partial charge in [0.15, 0.2) is 0 Å². The molecule has 2 aliphatic heterocycles. The highest BCUT2D eigenvalue weighted by molar-refractivity contribution is 5.53. The first-order valence-corrected chi connectivity index (χ1v) is 7.32. The van der Waals surface area contributed by atoms with Crippen molar-refractivity contribution in [3.05, 3.63) is 52.8 Å². The second-order valence-corrected chi connectivity index (χ2v) is 6.12. The van der Waals surface area contributed by atoms with Crippen LogP contribution in [0, 0.1) is 13.8 Å². The van der Waals surface area contributed by atoms with Gasteiger partial charge in [-0.25, -0.2) is 0 Å². The van der Waals surface area contributed by atoms with Crippen LogP contribution in [0.5, 0.6) is 0 Å². The average molecular weight is 268 g/mol. The van der Waals surface area contributed by atoms with E-state index in [9.17, 15) is 0 Å². The van der Waals surface area contributed by atoms with Crippen molar-refractivity contribution in [2.75, 3.05) is 18.0 Å². The molecule has 0 bridgehead atoms. The molecule has 2 aromatic rings. The number of hydrogen-bond donors (Lipinski definition) is 1. The number of nitrogens with zero attached hydrogens (tertiary/aromatic N) is 1. The van der Waals surface area contributed by atoms with Crippen molar-refractivity contribution in [2.45, 2.75) is 32.5 Å². The molecule has 104 valence electrons. The number of hydrogen-bond acceptors (Lipinski definition) is 2. The largest absolute Gasteiger partial charge is 0.371 e. The second kappa shape index (κ2) is 4.38. The molecule has 3 heterocycles. The fourth-order valence-corrected chi connectivity index (χ4v) is 3.65. The maximum Gasteiger partial charge on any atom is 0.0854 e. The summed E-state index contributed by atoms with van der Waals surface area (Å²) in [5.74, 6) is 0.481. The van der Waals surface area contributed by atoms with Gasteiger partial charge in [0.2, 0.25) is 0 Å². The van der Waals surface area contributed by atoms with Crippen molar-refractivity contribution >= 4 is 5.69 Å². The number of rotatable bonds is 1. The Hall–Kier alpha value is -1.74. The van der Waals surface area contributed by atoms with Crippen LogP contribution in [0.25, 0.3) is 0 Å². The molecule has 0 radical (unpaired) electrons. The second-order valence-electron chi connectivity index (χ2n) is 6.12. The molecule has 1 aromatic heterocycles. The van der Waals surface area contributed by atoms with Crippen LogP contribution in [-0.4, -0.2) is 24.2 Å². The van der Waals surface area contributed by atoms with Crippen molar-refractivity contribution in [1.29, 1.82) is 0 Å². The fourth-order valence-electron chi connectivity index (χ4n) is 3.65. The van der Waals surface area contributed by atoms with Crippen LogP contribution in [-0.2, 0) is 11.3 Å². The zero-order valence-electron chi connectivity index (χ0n) is 12.0. The number of benzene rings is 1. The van der Waals surface area contributed by atoms with Crippen LogP contribution in [0.1, 0.15) is 28.3 Å². The number of nitrogens with one attached hydrogen (secondary N) is 1. The maximum absolute atomic E-state index is 6.04. The van der Waals surface area contributed by atoms with Gasteiger partial charge in [-0.05, 0) is 48.7 Å². The molecule has 20 heavy (non-hydrogen) atoms. The predicted octanol–water partition coefficient (Wildman–Crippen LogP) is 3.13. The van der Waals surface area contributed by atoms with E-state index < -0.39 is 0 Å². The Balaban J connectivity index is 1.65. The third-order valence-corrected chi connectivity index (χ3v) is 4.53. The molecule has 1 saturated heterocycles. The van der Waals surface area contributed by atoms with E-state index >= 15 is 0 Å². The summed E-state index contributed by atoms with van der Waals surface area (Å²) in [5, 5.41) is 0. The molecule has 1 aromatic carbocycles. The molecule has 3 heteroatoms. The molecule has 1 fully saturated rings. The highest BCUT2D eigenvalue weighted by Crippen LogP contribution is 2.37. The molecule has 0 amide bonds. The third kappa shape index (κ3) is 1.85. The van der Waals surface area contributed by atoms with Crippen LogP contribution >= 0.6 is 0 Å². The van der Waals surface area contributed by atoms with Gasteiger partial charge in [0.25, 0.3) is 0 Å². The molecular weight excluding hydrogens is 248 g/mol. The lowest BCUT2D eigenvalue weighted by Crippen LogP contribution is -2.26. The Morgan fingerprint density at radius 2 is 1.95 bits per heavy atom. The summed E-state index contributed by atoms with van der Waals surface area (Å²) < 4.78 is 6.04. The van der Waals surface area contributed by atoms with Crippen molar-refractivity contribution < 1.29 is 4.74 Å². The maximum atomic E-state index is 6.04. The van der Waals surface area contributed by atoms with Crippen LogP contribution in [0.15, 0.2) is 30.5 Å². The molecule has 2 atom stereocenters. The van der Waals surface area contributed by atoms with E-state index in [4.69, 9.17) is 4.74 Å². The van der Waals surface area contributed by atoms with Crippen LogP contribution < -0.4 is 4.90 Å². The van der Waals surface area contributed by atoms with Gasteiger partial charge in [-0.2, -0.15) is 0 Å². The van der Waals surface area contributed by atoms with Gasteiger partial charge in [0, 0.05) is 36.6 Å². The Morgan fingerprint density at radius 1 is 1.15 bits per heavy atom. The zero-order chi connectivity index (χ0) is 13.7. The molecular formula is C17H20N2O. The summed E-state index contributed by atoms with van der Waals surface area (Å²) in [7, 11) is 0. The first-order valence-electron chi connectivity index (χ1n) is 7.32. The zero-order valence-corrected chi connectivity index (χ0v) is 12.0. The number of aromatic nitrogens is 1. The lowest BCUT2D eigenvalue weighted by atomic mass is 9.96. The van der Waals surface area contributed by atoms with Gasteiger partial charge in [0.1, 0.15) is 0 Å². The topological polar surface area (TPSA) is 28.3 Å². The molecule has 4 rings (SSSR count). The molecule has 3 nitrogen and oxygen atoms in total. The first kappa shape index (κ1) is 12.0. The number of fused-ring (bicyclic) bond motifs is 3. The molecule has 1 unspecified atom stereocenters. The standard InChI is InChI=1S/C17H20N2O/c1-11-5-12(2)7-14(6-11)19-8-15-16(9-19)20-10-13-3-4-18-17(13)15/h3-7,15-16,18H,8-10H2,1-2H3/t15-,16?/m1/s1. The summed E-state index contributed by atoms with van der Waals surface area (Å²) in [5.41, 5.74) is 6.70. The van der Waals surface area contributed by atoms with E-state index in [-0.39, 0.29) is 0 Å². The molecule has 2 aliphatic rings.